The van der Waals surface area contributed by atoms with Crippen LogP contribution in [0.1, 0.15) is 67.2 Å². The molecule has 2 aromatic rings. The Morgan fingerprint density at radius 2 is 1.65 bits per heavy atom. The van der Waals surface area contributed by atoms with Crippen molar-refractivity contribution in [3.63, 3.8) is 0 Å². The second-order valence-corrected chi connectivity index (χ2v) is 8.58. The van der Waals surface area contributed by atoms with Gasteiger partial charge in [-0.25, -0.2) is 4.79 Å². The maximum Gasteiger partial charge on any atom is 0.333 e. The summed E-state index contributed by atoms with van der Waals surface area (Å²) in [5, 5.41) is 1.09. The molecular weight excluding hydrogens is 434 g/mol. The lowest BCUT2D eigenvalue weighted by molar-refractivity contribution is -0.139. The molecule has 0 aliphatic carbocycles. The average molecular weight is 468 g/mol. The number of imide groups is 1. The molecule has 2 amide bonds. The minimum absolute atomic E-state index is 0.0404. The van der Waals surface area contributed by atoms with Crippen molar-refractivity contribution in [1.82, 2.24) is 4.90 Å². The van der Waals surface area contributed by atoms with Crippen molar-refractivity contribution in [3.8, 4) is 11.5 Å². The van der Waals surface area contributed by atoms with Gasteiger partial charge in [-0.15, -0.1) is 0 Å². The van der Waals surface area contributed by atoms with Crippen molar-refractivity contribution < 1.29 is 28.6 Å². The number of methoxy groups -OCH3 is 1. The zero-order chi connectivity index (χ0) is 24.8. The summed E-state index contributed by atoms with van der Waals surface area (Å²) < 4.78 is 16.5. The Morgan fingerprint density at radius 3 is 2.21 bits per heavy atom. The molecule has 34 heavy (non-hydrogen) atoms. The van der Waals surface area contributed by atoms with Crippen LogP contribution in [-0.4, -0.2) is 49.6 Å². The number of esters is 1. The molecule has 0 N–H and O–H groups in total. The molecule has 0 saturated carbocycles. The molecule has 0 radical (unpaired) electrons. The van der Waals surface area contributed by atoms with Crippen LogP contribution in [-0.2, 0) is 9.53 Å². The lowest BCUT2D eigenvalue weighted by Gasteiger charge is -2.31. The second-order valence-electron chi connectivity index (χ2n) is 8.58. The zero-order valence-corrected chi connectivity index (χ0v) is 20.4. The first-order valence-electron chi connectivity index (χ1n) is 11.8. The molecule has 0 spiro atoms. The number of unbranched alkanes of at least 4 members (excludes halogenated alkanes) is 1. The predicted octanol–water partition coefficient (Wildman–Crippen LogP) is 5.16. The Morgan fingerprint density at radius 1 is 1.00 bits per heavy atom. The van der Waals surface area contributed by atoms with E-state index in [9.17, 15) is 14.4 Å². The Kier molecular flexibility index (Phi) is 8.31. The lowest BCUT2D eigenvalue weighted by atomic mass is 9.91. The molecule has 0 bridgehead atoms. The minimum Gasteiger partial charge on any atom is -0.496 e. The van der Waals surface area contributed by atoms with E-state index in [-0.39, 0.29) is 30.9 Å². The highest BCUT2D eigenvalue weighted by atomic mass is 16.6. The van der Waals surface area contributed by atoms with Gasteiger partial charge in [0.15, 0.2) is 0 Å². The molecular formula is C27H33NO6. The van der Waals surface area contributed by atoms with Gasteiger partial charge in [0.25, 0.3) is 11.8 Å². The van der Waals surface area contributed by atoms with Crippen LogP contribution in [0.5, 0.6) is 11.5 Å². The number of hydrogen-bond donors (Lipinski definition) is 0. The van der Waals surface area contributed by atoms with Crippen molar-refractivity contribution in [3.05, 3.63) is 47.5 Å². The topological polar surface area (TPSA) is 82.1 Å². The van der Waals surface area contributed by atoms with Gasteiger partial charge in [-0.05, 0) is 43.5 Å². The van der Waals surface area contributed by atoms with E-state index in [0.717, 1.165) is 25.7 Å². The Labute approximate surface area is 200 Å². The van der Waals surface area contributed by atoms with Crippen LogP contribution in [0.25, 0.3) is 10.8 Å². The SMILES string of the molecule is C=C(C)C(=O)OCCOc1ccc2c3c(ccc(OC)c13)C(=O)N(CC(CC)CCCC)C2=O. The second kappa shape index (κ2) is 11.2. The van der Waals surface area contributed by atoms with Gasteiger partial charge in [-0.2, -0.15) is 0 Å². The highest BCUT2D eigenvalue weighted by Crippen LogP contribution is 2.41. The Hall–Kier alpha value is -3.35. The molecule has 2 aromatic carbocycles. The highest BCUT2D eigenvalue weighted by Gasteiger charge is 2.35. The fourth-order valence-electron chi connectivity index (χ4n) is 4.21. The molecule has 1 aliphatic rings. The van der Waals surface area contributed by atoms with E-state index in [1.165, 1.54) is 12.0 Å². The third-order valence-corrected chi connectivity index (χ3v) is 6.16. The summed E-state index contributed by atoms with van der Waals surface area (Å²) in [5.41, 5.74) is 1.22. The predicted molar refractivity (Wildman–Crippen MR) is 130 cm³/mol. The van der Waals surface area contributed by atoms with E-state index in [0.29, 0.717) is 45.5 Å². The van der Waals surface area contributed by atoms with Gasteiger partial charge in [-0.1, -0.05) is 39.7 Å². The van der Waals surface area contributed by atoms with Gasteiger partial charge in [0.1, 0.15) is 24.7 Å². The summed E-state index contributed by atoms with van der Waals surface area (Å²) in [5.74, 6) is 0.136. The Balaban J connectivity index is 1.93. The molecule has 7 heteroatoms. The standard InChI is InChI=1S/C27H33NO6/c1-6-8-9-18(7-2)16-28-25(29)19-10-12-21(32-5)24-22(13-11-20(23(19)24)26(28)30)33-14-15-34-27(31)17(3)4/h10-13,18H,3,6-9,14-16H2,1-2,4-5H3. The van der Waals surface area contributed by atoms with Crippen molar-refractivity contribution in [2.45, 2.75) is 46.5 Å². The van der Waals surface area contributed by atoms with Gasteiger partial charge in [0.2, 0.25) is 0 Å². The molecule has 7 nitrogen and oxygen atoms in total. The molecule has 1 aliphatic heterocycles. The molecule has 1 heterocycles. The molecule has 1 unspecified atom stereocenters. The molecule has 0 fully saturated rings. The molecule has 3 rings (SSSR count). The van der Waals surface area contributed by atoms with E-state index >= 15 is 0 Å². The number of hydrogen-bond acceptors (Lipinski definition) is 6. The largest absolute Gasteiger partial charge is 0.496 e. The summed E-state index contributed by atoms with van der Waals surface area (Å²) >= 11 is 0. The number of ether oxygens (including phenoxy) is 3. The van der Waals surface area contributed by atoms with Gasteiger partial charge in [0, 0.05) is 28.6 Å². The number of carbonyl (C=O) groups excluding carboxylic acids is 3. The number of benzene rings is 2. The molecule has 182 valence electrons. The summed E-state index contributed by atoms with van der Waals surface area (Å²) in [4.78, 5) is 39.8. The van der Waals surface area contributed by atoms with Gasteiger partial charge >= 0.3 is 5.97 Å². The summed E-state index contributed by atoms with van der Waals surface area (Å²) in [6.07, 6.45) is 4.04. The van der Waals surface area contributed by atoms with Crippen LogP contribution in [0.3, 0.4) is 0 Å². The summed E-state index contributed by atoms with van der Waals surface area (Å²) in [7, 11) is 1.53. The van der Waals surface area contributed by atoms with Crippen LogP contribution >= 0.6 is 0 Å². The fraction of sp³-hybridized carbons (Fsp3) is 0.444. The van der Waals surface area contributed by atoms with E-state index in [1.54, 1.807) is 31.2 Å². The maximum atomic E-state index is 13.4. The number of rotatable bonds is 12. The van der Waals surface area contributed by atoms with Crippen molar-refractivity contribution in [2.75, 3.05) is 26.9 Å². The number of carbonyl (C=O) groups is 3. The van der Waals surface area contributed by atoms with Crippen molar-refractivity contribution in [2.24, 2.45) is 5.92 Å². The van der Waals surface area contributed by atoms with Crippen LogP contribution in [0, 0.1) is 5.92 Å². The first-order chi connectivity index (χ1) is 16.3. The lowest BCUT2D eigenvalue weighted by Crippen LogP contribution is -2.43. The van der Waals surface area contributed by atoms with Gasteiger partial charge < -0.3 is 14.2 Å². The number of nitrogens with zero attached hydrogens (tertiary/aromatic N) is 1. The number of amides is 2. The van der Waals surface area contributed by atoms with Crippen molar-refractivity contribution in [1.29, 1.82) is 0 Å². The quantitative estimate of drug-likeness (QED) is 0.186. The van der Waals surface area contributed by atoms with E-state index in [2.05, 4.69) is 20.4 Å². The monoisotopic (exact) mass is 467 g/mol. The Bertz CT molecular complexity index is 1080. The van der Waals surface area contributed by atoms with Gasteiger partial charge in [-0.3, -0.25) is 14.5 Å². The first-order valence-corrected chi connectivity index (χ1v) is 11.8. The summed E-state index contributed by atoms with van der Waals surface area (Å²) in [6, 6.07) is 6.81. The van der Waals surface area contributed by atoms with Crippen LogP contribution in [0.15, 0.2) is 36.4 Å². The highest BCUT2D eigenvalue weighted by molar-refractivity contribution is 6.26. The molecule has 0 aromatic heterocycles. The third kappa shape index (κ3) is 5.08. The normalized spacial score (nSPS) is 13.7. The van der Waals surface area contributed by atoms with E-state index in [4.69, 9.17) is 14.2 Å². The average Bonchev–Trinajstić information content (AvgIpc) is 2.84. The van der Waals surface area contributed by atoms with Gasteiger partial charge in [0.05, 0.1) is 12.5 Å². The fourth-order valence-corrected chi connectivity index (χ4v) is 4.21. The minimum atomic E-state index is -0.487. The van der Waals surface area contributed by atoms with Crippen LogP contribution < -0.4 is 9.47 Å². The van der Waals surface area contributed by atoms with E-state index in [1.807, 2.05) is 0 Å². The first kappa shape index (κ1) is 25.3. The third-order valence-electron chi connectivity index (χ3n) is 6.16. The van der Waals surface area contributed by atoms with Crippen LogP contribution in [0.2, 0.25) is 0 Å². The molecule has 1 atom stereocenters. The van der Waals surface area contributed by atoms with Crippen LogP contribution in [0.4, 0.5) is 0 Å². The van der Waals surface area contributed by atoms with E-state index < -0.39 is 5.97 Å². The molecule has 0 saturated heterocycles. The zero-order valence-electron chi connectivity index (χ0n) is 20.4. The maximum absolute atomic E-state index is 13.4. The van der Waals surface area contributed by atoms with Crippen molar-refractivity contribution >= 4 is 28.6 Å². The summed E-state index contributed by atoms with van der Waals surface area (Å²) in [6.45, 7) is 9.91. The smallest absolute Gasteiger partial charge is 0.333 e.